The summed E-state index contributed by atoms with van der Waals surface area (Å²) >= 11 is 0. The summed E-state index contributed by atoms with van der Waals surface area (Å²) in [5.74, 6) is -0.207. The van der Waals surface area contributed by atoms with Crippen LogP contribution < -0.4 is 10.2 Å². The summed E-state index contributed by atoms with van der Waals surface area (Å²) in [5.41, 5.74) is 5.02. The van der Waals surface area contributed by atoms with Crippen LogP contribution in [0.1, 0.15) is 42.4 Å². The number of anilines is 2. The molecule has 0 saturated carbocycles. The van der Waals surface area contributed by atoms with E-state index < -0.39 is 10.0 Å². The van der Waals surface area contributed by atoms with Gasteiger partial charge in [-0.2, -0.15) is 4.31 Å². The number of rotatable bonds is 5. The number of amides is 1. The van der Waals surface area contributed by atoms with Crippen molar-refractivity contribution < 1.29 is 13.2 Å². The fourth-order valence-electron chi connectivity index (χ4n) is 4.88. The average Bonchev–Trinajstić information content (AvgIpc) is 3.28. The van der Waals surface area contributed by atoms with Gasteiger partial charge in [-0.1, -0.05) is 17.7 Å². The maximum absolute atomic E-state index is 13.1. The molecule has 2 heterocycles. The van der Waals surface area contributed by atoms with Crippen molar-refractivity contribution in [1.29, 1.82) is 0 Å². The third-order valence-electron chi connectivity index (χ3n) is 6.68. The molecule has 4 rings (SSSR count). The van der Waals surface area contributed by atoms with Crippen molar-refractivity contribution in [3.05, 3.63) is 53.1 Å². The number of carbonyl (C=O) groups excluding carboxylic acids is 1. The molecular weight excluding hydrogens is 422 g/mol. The smallest absolute Gasteiger partial charge is 0.243 e. The molecule has 2 aromatic rings. The minimum Gasteiger partial charge on any atom is -0.371 e. The zero-order valence-electron chi connectivity index (χ0n) is 19.2. The molecule has 1 N–H and O–H groups in total. The predicted molar refractivity (Wildman–Crippen MR) is 129 cm³/mol. The second-order valence-electron chi connectivity index (χ2n) is 9.13. The maximum Gasteiger partial charge on any atom is 0.243 e. The number of hydrogen-bond donors (Lipinski definition) is 1. The highest BCUT2D eigenvalue weighted by atomic mass is 32.2. The van der Waals surface area contributed by atoms with Gasteiger partial charge in [-0.15, -0.1) is 0 Å². The molecule has 2 saturated heterocycles. The standard InChI is InChI=1S/C25H33N3O3S/c1-18-6-9-24(20(3)16-18)32(30,31)28-14-10-21(11-15-28)25(29)26-22-7-8-23(19(2)17-22)27-12-4-5-13-27/h6-9,16-17,21H,4-5,10-15H2,1-3H3,(H,26,29). The van der Waals surface area contributed by atoms with E-state index in [1.54, 1.807) is 6.07 Å². The minimum absolute atomic E-state index is 0.0260. The van der Waals surface area contributed by atoms with Crippen LogP contribution in [0, 0.1) is 26.7 Å². The van der Waals surface area contributed by atoms with Crippen molar-refractivity contribution in [3.8, 4) is 0 Å². The van der Waals surface area contributed by atoms with Gasteiger partial charge < -0.3 is 10.2 Å². The first-order valence-corrected chi connectivity index (χ1v) is 12.9. The van der Waals surface area contributed by atoms with Crippen molar-refractivity contribution in [2.75, 3.05) is 36.4 Å². The number of nitrogens with zero attached hydrogens (tertiary/aromatic N) is 2. The molecule has 0 radical (unpaired) electrons. The summed E-state index contributed by atoms with van der Waals surface area (Å²) in [4.78, 5) is 15.6. The fourth-order valence-corrected chi connectivity index (χ4v) is 6.55. The lowest BCUT2D eigenvalue weighted by molar-refractivity contribution is -0.120. The first-order valence-electron chi connectivity index (χ1n) is 11.5. The molecule has 0 unspecified atom stereocenters. The van der Waals surface area contributed by atoms with Crippen molar-refractivity contribution in [2.45, 2.75) is 51.3 Å². The number of aryl methyl sites for hydroxylation is 3. The highest BCUT2D eigenvalue weighted by Crippen LogP contribution is 2.29. The van der Waals surface area contributed by atoms with Crippen LogP contribution in [0.5, 0.6) is 0 Å². The van der Waals surface area contributed by atoms with Crippen LogP contribution in [0.3, 0.4) is 0 Å². The number of benzene rings is 2. The van der Waals surface area contributed by atoms with E-state index in [0.29, 0.717) is 30.8 Å². The first kappa shape index (κ1) is 22.8. The molecule has 0 spiro atoms. The normalized spacial score (nSPS) is 18.2. The molecule has 2 aliphatic rings. The average molecular weight is 456 g/mol. The molecular formula is C25H33N3O3S. The molecule has 0 aliphatic carbocycles. The van der Waals surface area contributed by atoms with Crippen molar-refractivity contribution in [3.63, 3.8) is 0 Å². The number of nitrogens with one attached hydrogen (secondary N) is 1. The molecule has 1 amide bonds. The van der Waals surface area contributed by atoms with Gasteiger partial charge in [0.15, 0.2) is 0 Å². The molecule has 0 atom stereocenters. The van der Waals surface area contributed by atoms with Crippen molar-refractivity contribution >= 4 is 27.3 Å². The van der Waals surface area contributed by atoms with Gasteiger partial charge >= 0.3 is 0 Å². The van der Waals surface area contributed by atoms with Gasteiger partial charge in [-0.3, -0.25) is 4.79 Å². The Morgan fingerprint density at radius 3 is 2.22 bits per heavy atom. The Bertz CT molecular complexity index is 1100. The van der Waals surface area contributed by atoms with E-state index >= 15 is 0 Å². The third kappa shape index (κ3) is 4.69. The highest BCUT2D eigenvalue weighted by molar-refractivity contribution is 7.89. The van der Waals surface area contributed by atoms with E-state index in [1.807, 2.05) is 38.1 Å². The Balaban J connectivity index is 1.37. The summed E-state index contributed by atoms with van der Waals surface area (Å²) < 4.78 is 27.7. The Labute approximate surface area is 191 Å². The van der Waals surface area contributed by atoms with Crippen LogP contribution in [0.15, 0.2) is 41.3 Å². The topological polar surface area (TPSA) is 69.7 Å². The van der Waals surface area contributed by atoms with Crippen LogP contribution in [0.25, 0.3) is 0 Å². The van der Waals surface area contributed by atoms with Gasteiger partial charge in [0, 0.05) is 43.5 Å². The van der Waals surface area contributed by atoms with Gasteiger partial charge in [0.25, 0.3) is 0 Å². The summed E-state index contributed by atoms with van der Waals surface area (Å²) in [6.07, 6.45) is 3.52. The van der Waals surface area contributed by atoms with E-state index in [1.165, 1.54) is 28.4 Å². The molecule has 2 aromatic carbocycles. The summed E-state index contributed by atoms with van der Waals surface area (Å²) in [5, 5.41) is 3.05. The van der Waals surface area contributed by atoms with E-state index in [2.05, 4.69) is 23.2 Å². The molecule has 7 heteroatoms. The van der Waals surface area contributed by atoms with Crippen LogP contribution in [-0.4, -0.2) is 44.8 Å². The van der Waals surface area contributed by atoms with Crippen LogP contribution in [-0.2, 0) is 14.8 Å². The third-order valence-corrected chi connectivity index (χ3v) is 8.74. The lowest BCUT2D eigenvalue weighted by Gasteiger charge is -2.31. The number of carbonyl (C=O) groups is 1. The number of piperidine rings is 1. The zero-order chi connectivity index (χ0) is 22.9. The first-order chi connectivity index (χ1) is 15.3. The molecule has 0 bridgehead atoms. The van der Waals surface area contributed by atoms with E-state index in [9.17, 15) is 13.2 Å². The maximum atomic E-state index is 13.1. The van der Waals surface area contributed by atoms with Crippen molar-refractivity contribution in [2.24, 2.45) is 5.92 Å². The lowest BCUT2D eigenvalue weighted by Crippen LogP contribution is -2.41. The van der Waals surface area contributed by atoms with Gasteiger partial charge in [0.2, 0.25) is 15.9 Å². The Hall–Kier alpha value is -2.38. The molecule has 0 aromatic heterocycles. The Morgan fingerprint density at radius 2 is 1.59 bits per heavy atom. The Morgan fingerprint density at radius 1 is 0.906 bits per heavy atom. The SMILES string of the molecule is Cc1ccc(S(=O)(=O)N2CCC(C(=O)Nc3ccc(N4CCCC4)c(C)c3)CC2)c(C)c1. The molecule has 2 aliphatic heterocycles. The zero-order valence-corrected chi connectivity index (χ0v) is 20.0. The van der Waals surface area contributed by atoms with Gasteiger partial charge in [0.1, 0.15) is 0 Å². The van der Waals surface area contributed by atoms with E-state index in [0.717, 1.165) is 29.9 Å². The van der Waals surface area contributed by atoms with Crippen LogP contribution >= 0.6 is 0 Å². The van der Waals surface area contributed by atoms with Crippen LogP contribution in [0.4, 0.5) is 11.4 Å². The van der Waals surface area contributed by atoms with Gasteiger partial charge in [-0.05, 0) is 81.8 Å². The van der Waals surface area contributed by atoms with Gasteiger partial charge in [-0.25, -0.2) is 8.42 Å². The second-order valence-corrected chi connectivity index (χ2v) is 11.0. The highest BCUT2D eigenvalue weighted by Gasteiger charge is 2.33. The molecule has 32 heavy (non-hydrogen) atoms. The predicted octanol–water partition coefficient (Wildman–Crippen LogP) is 4.25. The second kappa shape index (κ2) is 9.24. The molecule has 6 nitrogen and oxygen atoms in total. The fraction of sp³-hybridized carbons (Fsp3) is 0.480. The lowest BCUT2D eigenvalue weighted by atomic mass is 9.97. The van der Waals surface area contributed by atoms with E-state index in [4.69, 9.17) is 0 Å². The number of sulfonamides is 1. The number of hydrogen-bond acceptors (Lipinski definition) is 4. The molecule has 2 fully saturated rings. The van der Waals surface area contributed by atoms with Crippen molar-refractivity contribution in [1.82, 2.24) is 4.31 Å². The van der Waals surface area contributed by atoms with Gasteiger partial charge in [0.05, 0.1) is 4.90 Å². The summed E-state index contributed by atoms with van der Waals surface area (Å²) in [6.45, 7) is 8.78. The largest absolute Gasteiger partial charge is 0.371 e. The van der Waals surface area contributed by atoms with E-state index in [-0.39, 0.29) is 11.8 Å². The Kier molecular flexibility index (Phi) is 6.58. The summed E-state index contributed by atoms with van der Waals surface area (Å²) in [6, 6.07) is 11.5. The van der Waals surface area contributed by atoms with Crippen LogP contribution in [0.2, 0.25) is 0 Å². The molecule has 172 valence electrons. The quantitative estimate of drug-likeness (QED) is 0.732. The monoisotopic (exact) mass is 455 g/mol. The summed E-state index contributed by atoms with van der Waals surface area (Å²) in [7, 11) is -3.54. The minimum atomic E-state index is -3.54.